The van der Waals surface area contributed by atoms with Crippen molar-refractivity contribution >= 4 is 23.5 Å². The molecule has 0 bridgehead atoms. The molecule has 1 aromatic heterocycles. The van der Waals surface area contributed by atoms with E-state index in [9.17, 15) is 0 Å². The SMILES string of the molecule is CC1(C)CCCC1Nc1nc(Cl)nc(N2CCOCC2)n1. The van der Waals surface area contributed by atoms with E-state index in [1.54, 1.807) is 0 Å². The lowest BCUT2D eigenvalue weighted by Gasteiger charge is -2.29. The summed E-state index contributed by atoms with van der Waals surface area (Å²) in [5.74, 6) is 1.22. The van der Waals surface area contributed by atoms with Crippen LogP contribution in [0.25, 0.3) is 0 Å². The Morgan fingerprint density at radius 3 is 2.67 bits per heavy atom. The van der Waals surface area contributed by atoms with Crippen molar-refractivity contribution in [1.29, 1.82) is 0 Å². The van der Waals surface area contributed by atoms with Crippen LogP contribution in [-0.4, -0.2) is 47.3 Å². The van der Waals surface area contributed by atoms with Gasteiger partial charge in [-0.3, -0.25) is 0 Å². The van der Waals surface area contributed by atoms with Crippen LogP contribution >= 0.6 is 11.6 Å². The molecule has 1 unspecified atom stereocenters. The summed E-state index contributed by atoms with van der Waals surface area (Å²) in [6, 6.07) is 0.383. The third kappa shape index (κ3) is 3.37. The normalized spacial score (nSPS) is 25.1. The van der Waals surface area contributed by atoms with Crippen LogP contribution in [0.1, 0.15) is 33.1 Å². The number of anilines is 2. The monoisotopic (exact) mass is 311 g/mol. The lowest BCUT2D eigenvalue weighted by Crippen LogP contribution is -2.38. The topological polar surface area (TPSA) is 63.2 Å². The van der Waals surface area contributed by atoms with Crippen LogP contribution in [0.2, 0.25) is 5.28 Å². The molecule has 1 saturated carbocycles. The summed E-state index contributed by atoms with van der Waals surface area (Å²) in [5, 5.41) is 3.69. The molecule has 0 aromatic carbocycles. The lowest BCUT2D eigenvalue weighted by molar-refractivity contribution is 0.122. The van der Waals surface area contributed by atoms with Crippen LogP contribution in [0.15, 0.2) is 0 Å². The Morgan fingerprint density at radius 2 is 2.00 bits per heavy atom. The highest BCUT2D eigenvalue weighted by Gasteiger charge is 2.35. The minimum absolute atomic E-state index is 0.241. The molecule has 2 heterocycles. The van der Waals surface area contributed by atoms with E-state index in [1.807, 2.05) is 0 Å². The van der Waals surface area contributed by atoms with Crippen LogP contribution in [0.4, 0.5) is 11.9 Å². The molecule has 1 N–H and O–H groups in total. The molecule has 1 saturated heterocycles. The molecule has 116 valence electrons. The minimum atomic E-state index is 0.241. The van der Waals surface area contributed by atoms with Gasteiger partial charge in [-0.1, -0.05) is 20.3 Å². The molecule has 2 fully saturated rings. The molecule has 6 nitrogen and oxygen atoms in total. The minimum Gasteiger partial charge on any atom is -0.378 e. The Bertz CT molecular complexity index is 504. The molecule has 7 heteroatoms. The number of hydrogen-bond donors (Lipinski definition) is 1. The lowest BCUT2D eigenvalue weighted by atomic mass is 9.87. The summed E-state index contributed by atoms with van der Waals surface area (Å²) < 4.78 is 5.36. The first kappa shape index (κ1) is 14.8. The Morgan fingerprint density at radius 1 is 1.24 bits per heavy atom. The maximum Gasteiger partial charge on any atom is 0.231 e. The standard InChI is InChI=1S/C14H22ClN5O/c1-14(2)5-3-4-10(14)16-12-17-11(15)18-13(19-12)20-6-8-21-9-7-20/h10H,3-9H2,1-2H3,(H,16,17,18,19). The Hall–Kier alpha value is -1.14. The van der Waals surface area contributed by atoms with Crippen molar-refractivity contribution in [2.45, 2.75) is 39.2 Å². The van der Waals surface area contributed by atoms with Gasteiger partial charge in [0.25, 0.3) is 0 Å². The number of nitrogens with zero attached hydrogens (tertiary/aromatic N) is 4. The third-order valence-corrected chi connectivity index (χ3v) is 4.62. The van der Waals surface area contributed by atoms with Crippen molar-refractivity contribution in [2.75, 3.05) is 36.5 Å². The van der Waals surface area contributed by atoms with Crippen LogP contribution in [-0.2, 0) is 4.74 Å². The van der Waals surface area contributed by atoms with E-state index in [2.05, 4.69) is 39.0 Å². The Kier molecular flexibility index (Phi) is 4.17. The van der Waals surface area contributed by atoms with E-state index in [1.165, 1.54) is 12.8 Å². The van der Waals surface area contributed by atoms with Gasteiger partial charge in [-0.25, -0.2) is 0 Å². The predicted octanol–water partition coefficient (Wildman–Crippen LogP) is 2.35. The highest BCUT2D eigenvalue weighted by molar-refractivity contribution is 6.28. The predicted molar refractivity (Wildman–Crippen MR) is 82.9 cm³/mol. The first-order valence-corrected chi connectivity index (χ1v) is 7.93. The van der Waals surface area contributed by atoms with Crippen molar-refractivity contribution in [1.82, 2.24) is 15.0 Å². The van der Waals surface area contributed by atoms with Gasteiger partial charge in [0.1, 0.15) is 0 Å². The number of rotatable bonds is 3. The third-order valence-electron chi connectivity index (χ3n) is 4.45. The number of ether oxygens (including phenoxy) is 1. The van der Waals surface area contributed by atoms with Crippen LogP contribution in [0.3, 0.4) is 0 Å². The van der Waals surface area contributed by atoms with Gasteiger partial charge in [-0.15, -0.1) is 0 Å². The van der Waals surface area contributed by atoms with Crippen molar-refractivity contribution in [3.63, 3.8) is 0 Å². The van der Waals surface area contributed by atoms with E-state index in [4.69, 9.17) is 16.3 Å². The molecule has 0 spiro atoms. The fraction of sp³-hybridized carbons (Fsp3) is 0.786. The van der Waals surface area contributed by atoms with Crippen molar-refractivity contribution < 1.29 is 4.74 Å². The van der Waals surface area contributed by atoms with Crippen LogP contribution in [0, 0.1) is 5.41 Å². The van der Waals surface area contributed by atoms with Gasteiger partial charge in [0.15, 0.2) is 0 Å². The molecule has 1 atom stereocenters. The smallest absolute Gasteiger partial charge is 0.231 e. The largest absolute Gasteiger partial charge is 0.378 e. The van der Waals surface area contributed by atoms with E-state index >= 15 is 0 Å². The fourth-order valence-corrected chi connectivity index (χ4v) is 3.21. The van der Waals surface area contributed by atoms with Crippen molar-refractivity contribution in [3.8, 4) is 0 Å². The van der Waals surface area contributed by atoms with E-state index in [-0.39, 0.29) is 10.7 Å². The van der Waals surface area contributed by atoms with Gasteiger partial charge in [0.2, 0.25) is 17.2 Å². The Labute approximate surface area is 130 Å². The number of nitrogens with one attached hydrogen (secondary N) is 1. The first-order chi connectivity index (χ1) is 10.0. The first-order valence-electron chi connectivity index (χ1n) is 7.55. The van der Waals surface area contributed by atoms with Gasteiger partial charge >= 0.3 is 0 Å². The molecule has 3 rings (SSSR count). The average Bonchev–Trinajstić information content (AvgIpc) is 2.78. The second-order valence-corrected chi connectivity index (χ2v) is 6.74. The summed E-state index contributed by atoms with van der Waals surface area (Å²) in [6.45, 7) is 7.53. The summed E-state index contributed by atoms with van der Waals surface area (Å²) >= 11 is 6.07. The zero-order chi connectivity index (χ0) is 14.9. The molecule has 21 heavy (non-hydrogen) atoms. The second-order valence-electron chi connectivity index (χ2n) is 6.41. The van der Waals surface area contributed by atoms with Crippen molar-refractivity contribution in [3.05, 3.63) is 5.28 Å². The Balaban J connectivity index is 1.77. The van der Waals surface area contributed by atoms with Gasteiger partial charge in [0.05, 0.1) is 13.2 Å². The van der Waals surface area contributed by atoms with E-state index < -0.39 is 0 Å². The fourth-order valence-electron chi connectivity index (χ4n) is 3.06. The molecule has 2 aliphatic rings. The number of hydrogen-bond acceptors (Lipinski definition) is 6. The summed E-state index contributed by atoms with van der Waals surface area (Å²) in [7, 11) is 0. The maximum atomic E-state index is 6.07. The van der Waals surface area contributed by atoms with Crippen LogP contribution < -0.4 is 10.2 Å². The number of halogens is 1. The molecule has 1 aromatic rings. The zero-order valence-corrected chi connectivity index (χ0v) is 13.4. The van der Waals surface area contributed by atoms with E-state index in [0.717, 1.165) is 19.5 Å². The zero-order valence-electron chi connectivity index (χ0n) is 12.6. The molecular weight excluding hydrogens is 290 g/mol. The second kappa shape index (κ2) is 5.93. The maximum absolute atomic E-state index is 6.07. The van der Waals surface area contributed by atoms with Crippen LogP contribution in [0.5, 0.6) is 0 Å². The quantitative estimate of drug-likeness (QED) is 0.924. The van der Waals surface area contributed by atoms with Gasteiger partial charge < -0.3 is 15.0 Å². The highest BCUT2D eigenvalue weighted by atomic mass is 35.5. The average molecular weight is 312 g/mol. The number of morpholine rings is 1. The van der Waals surface area contributed by atoms with Crippen molar-refractivity contribution in [2.24, 2.45) is 5.41 Å². The number of aromatic nitrogens is 3. The summed E-state index contributed by atoms with van der Waals surface area (Å²) in [6.07, 6.45) is 3.60. The summed E-state index contributed by atoms with van der Waals surface area (Å²) in [4.78, 5) is 15.1. The molecule has 0 amide bonds. The van der Waals surface area contributed by atoms with Gasteiger partial charge in [-0.05, 0) is 29.9 Å². The molecule has 1 aliphatic carbocycles. The summed E-state index contributed by atoms with van der Waals surface area (Å²) in [5.41, 5.74) is 0.262. The van der Waals surface area contributed by atoms with E-state index in [0.29, 0.717) is 31.2 Å². The molecular formula is C14H22ClN5O. The molecule has 1 aliphatic heterocycles. The van der Waals surface area contributed by atoms with Gasteiger partial charge in [0, 0.05) is 19.1 Å². The molecule has 0 radical (unpaired) electrons. The van der Waals surface area contributed by atoms with Gasteiger partial charge in [-0.2, -0.15) is 15.0 Å². The highest BCUT2D eigenvalue weighted by Crippen LogP contribution is 2.38.